The molecule has 0 spiro atoms. The highest BCUT2D eigenvalue weighted by molar-refractivity contribution is 6.32. The summed E-state index contributed by atoms with van der Waals surface area (Å²) in [6.07, 6.45) is 0.450. The van der Waals surface area contributed by atoms with E-state index in [2.05, 4.69) is 20.8 Å². The molecule has 6 nitrogen and oxygen atoms in total. The molecule has 0 fully saturated rings. The van der Waals surface area contributed by atoms with Crippen molar-refractivity contribution in [1.82, 2.24) is 10.2 Å². The summed E-state index contributed by atoms with van der Waals surface area (Å²) in [7, 11) is 1.56. The molecule has 2 N–H and O–H groups in total. The predicted octanol–water partition coefficient (Wildman–Crippen LogP) is 3.87. The molecule has 0 radical (unpaired) electrons. The first-order valence-electron chi connectivity index (χ1n) is 7.22. The summed E-state index contributed by atoms with van der Waals surface area (Å²) >= 11 is 6.07. The van der Waals surface area contributed by atoms with Gasteiger partial charge in [0.2, 0.25) is 5.91 Å². The molecule has 2 rings (SSSR count). The second-order valence-electron chi connectivity index (χ2n) is 5.42. The van der Waals surface area contributed by atoms with Gasteiger partial charge in [0.25, 0.3) is 0 Å². The zero-order chi connectivity index (χ0) is 16.8. The Morgan fingerprint density at radius 1 is 1.22 bits per heavy atom. The van der Waals surface area contributed by atoms with Gasteiger partial charge in [-0.15, -0.1) is 10.2 Å². The van der Waals surface area contributed by atoms with E-state index in [1.165, 1.54) is 0 Å². The van der Waals surface area contributed by atoms with Crippen LogP contribution in [-0.2, 0) is 4.79 Å². The van der Waals surface area contributed by atoms with Gasteiger partial charge in [-0.25, -0.2) is 0 Å². The molecule has 23 heavy (non-hydrogen) atoms. The summed E-state index contributed by atoms with van der Waals surface area (Å²) < 4.78 is 5.10. The Morgan fingerprint density at radius 3 is 2.48 bits per heavy atom. The molecule has 1 aromatic heterocycles. The molecule has 0 aliphatic carbocycles. The van der Waals surface area contributed by atoms with Gasteiger partial charge in [-0.05, 0) is 36.2 Å². The number of carbonyl (C=O) groups excluding carboxylic acids is 1. The van der Waals surface area contributed by atoms with Crippen molar-refractivity contribution in [3.8, 4) is 5.75 Å². The second-order valence-corrected chi connectivity index (χ2v) is 5.83. The molecule has 0 unspecified atom stereocenters. The van der Waals surface area contributed by atoms with Crippen molar-refractivity contribution in [2.24, 2.45) is 5.92 Å². The summed E-state index contributed by atoms with van der Waals surface area (Å²) in [5, 5.41) is 14.3. The van der Waals surface area contributed by atoms with Crippen molar-refractivity contribution in [3.05, 3.63) is 35.4 Å². The van der Waals surface area contributed by atoms with Crippen molar-refractivity contribution < 1.29 is 9.53 Å². The third kappa shape index (κ3) is 5.10. The molecule has 0 atom stereocenters. The smallest absolute Gasteiger partial charge is 0.225 e. The maximum atomic E-state index is 11.7. The number of anilines is 3. The fourth-order valence-electron chi connectivity index (χ4n) is 1.92. The number of nitrogens with one attached hydrogen (secondary N) is 2. The summed E-state index contributed by atoms with van der Waals surface area (Å²) in [5.41, 5.74) is 0.765. The molecule has 0 saturated carbocycles. The number of aromatic nitrogens is 2. The van der Waals surface area contributed by atoms with Crippen LogP contribution in [0.3, 0.4) is 0 Å². The maximum absolute atomic E-state index is 11.7. The topological polar surface area (TPSA) is 76.1 Å². The third-order valence-electron chi connectivity index (χ3n) is 2.95. The molecular weight excluding hydrogens is 316 g/mol. The van der Waals surface area contributed by atoms with Crippen LogP contribution in [0.15, 0.2) is 30.3 Å². The van der Waals surface area contributed by atoms with Crippen LogP contribution in [0.5, 0.6) is 5.75 Å². The molecule has 1 amide bonds. The van der Waals surface area contributed by atoms with Gasteiger partial charge in [0, 0.05) is 12.1 Å². The minimum atomic E-state index is -0.0723. The number of benzene rings is 1. The predicted molar refractivity (Wildman–Crippen MR) is 91.4 cm³/mol. The van der Waals surface area contributed by atoms with Crippen LogP contribution < -0.4 is 15.4 Å². The van der Waals surface area contributed by atoms with E-state index < -0.39 is 0 Å². The zero-order valence-corrected chi connectivity index (χ0v) is 14.0. The van der Waals surface area contributed by atoms with Crippen molar-refractivity contribution in [1.29, 1.82) is 0 Å². The summed E-state index contributed by atoms with van der Waals surface area (Å²) in [6, 6.07) is 8.75. The molecule has 0 bridgehead atoms. The van der Waals surface area contributed by atoms with E-state index in [1.54, 1.807) is 31.4 Å². The molecule has 1 aromatic carbocycles. The van der Waals surface area contributed by atoms with E-state index in [0.717, 1.165) is 5.69 Å². The fourth-order valence-corrected chi connectivity index (χ4v) is 2.18. The van der Waals surface area contributed by atoms with E-state index in [0.29, 0.717) is 34.7 Å². The number of hydrogen-bond acceptors (Lipinski definition) is 5. The van der Waals surface area contributed by atoms with Crippen LogP contribution in [-0.4, -0.2) is 23.2 Å². The lowest BCUT2D eigenvalue weighted by Gasteiger charge is -2.09. The van der Waals surface area contributed by atoms with E-state index in [-0.39, 0.29) is 5.91 Å². The fraction of sp³-hybridized carbons (Fsp3) is 0.312. The van der Waals surface area contributed by atoms with Crippen LogP contribution in [0.2, 0.25) is 5.02 Å². The van der Waals surface area contributed by atoms with Gasteiger partial charge in [-0.2, -0.15) is 0 Å². The Balaban J connectivity index is 2.00. The van der Waals surface area contributed by atoms with Crippen LogP contribution in [0.1, 0.15) is 20.3 Å². The summed E-state index contributed by atoms with van der Waals surface area (Å²) in [6.45, 7) is 3.97. The first-order chi connectivity index (χ1) is 11.0. The minimum absolute atomic E-state index is 0.0723. The summed E-state index contributed by atoms with van der Waals surface area (Å²) in [5.74, 6) is 1.80. The van der Waals surface area contributed by atoms with Crippen LogP contribution in [0.4, 0.5) is 17.3 Å². The molecule has 2 aromatic rings. The Hall–Kier alpha value is -2.34. The maximum Gasteiger partial charge on any atom is 0.225 e. The van der Waals surface area contributed by atoms with Crippen LogP contribution in [0, 0.1) is 5.92 Å². The Morgan fingerprint density at radius 2 is 1.91 bits per heavy atom. The molecule has 7 heteroatoms. The van der Waals surface area contributed by atoms with Gasteiger partial charge in [0.05, 0.1) is 12.1 Å². The van der Waals surface area contributed by atoms with E-state index in [4.69, 9.17) is 16.3 Å². The number of methoxy groups -OCH3 is 1. The van der Waals surface area contributed by atoms with Gasteiger partial charge in [0.1, 0.15) is 5.75 Å². The van der Waals surface area contributed by atoms with Crippen molar-refractivity contribution >= 4 is 34.8 Å². The zero-order valence-electron chi connectivity index (χ0n) is 13.3. The Bertz CT molecular complexity index is 674. The average Bonchev–Trinajstić information content (AvgIpc) is 2.48. The number of ether oxygens (including phenoxy) is 1. The van der Waals surface area contributed by atoms with Gasteiger partial charge in [-0.3, -0.25) is 4.79 Å². The highest BCUT2D eigenvalue weighted by Crippen LogP contribution is 2.28. The number of rotatable bonds is 6. The molecule has 122 valence electrons. The molecular formula is C16H19ClN4O2. The van der Waals surface area contributed by atoms with Crippen LogP contribution in [0.25, 0.3) is 0 Å². The van der Waals surface area contributed by atoms with Gasteiger partial charge >= 0.3 is 0 Å². The average molecular weight is 335 g/mol. The lowest BCUT2D eigenvalue weighted by molar-refractivity contribution is -0.116. The molecule has 0 aliphatic rings. The van der Waals surface area contributed by atoms with Crippen LogP contribution >= 0.6 is 11.6 Å². The number of halogens is 1. The minimum Gasteiger partial charge on any atom is -0.495 e. The number of carbonyl (C=O) groups is 1. The highest BCUT2D eigenvalue weighted by atomic mass is 35.5. The molecule has 0 aliphatic heterocycles. The standard InChI is InChI=1S/C16H19ClN4O2/c1-10(2)8-16(22)19-15-7-6-14(20-21-15)18-11-4-5-13(23-3)12(17)9-11/h4-7,9-10H,8H2,1-3H3,(H,18,20)(H,19,21,22). The Labute approximate surface area is 140 Å². The second kappa shape index (κ2) is 7.78. The quantitative estimate of drug-likeness (QED) is 0.838. The molecule has 1 heterocycles. The largest absolute Gasteiger partial charge is 0.495 e. The third-order valence-corrected chi connectivity index (χ3v) is 3.25. The van der Waals surface area contributed by atoms with E-state index in [1.807, 2.05) is 19.9 Å². The number of nitrogens with zero attached hydrogens (tertiary/aromatic N) is 2. The molecule has 0 saturated heterocycles. The van der Waals surface area contributed by atoms with Crippen molar-refractivity contribution in [3.63, 3.8) is 0 Å². The first-order valence-corrected chi connectivity index (χ1v) is 7.60. The van der Waals surface area contributed by atoms with E-state index >= 15 is 0 Å². The van der Waals surface area contributed by atoms with Gasteiger partial charge in [0.15, 0.2) is 11.6 Å². The number of amides is 1. The van der Waals surface area contributed by atoms with Crippen molar-refractivity contribution in [2.75, 3.05) is 17.7 Å². The Kier molecular flexibility index (Phi) is 5.76. The lowest BCUT2D eigenvalue weighted by atomic mass is 10.1. The van der Waals surface area contributed by atoms with Gasteiger partial charge < -0.3 is 15.4 Å². The first kappa shape index (κ1) is 17.0. The highest BCUT2D eigenvalue weighted by Gasteiger charge is 2.07. The van der Waals surface area contributed by atoms with Gasteiger partial charge in [-0.1, -0.05) is 25.4 Å². The van der Waals surface area contributed by atoms with E-state index in [9.17, 15) is 4.79 Å². The number of hydrogen-bond donors (Lipinski definition) is 2. The SMILES string of the molecule is COc1ccc(Nc2ccc(NC(=O)CC(C)C)nn2)cc1Cl. The summed E-state index contributed by atoms with van der Waals surface area (Å²) in [4.78, 5) is 11.7. The normalized spacial score (nSPS) is 10.5. The lowest BCUT2D eigenvalue weighted by Crippen LogP contribution is -2.15. The monoisotopic (exact) mass is 334 g/mol. The van der Waals surface area contributed by atoms with Crippen molar-refractivity contribution in [2.45, 2.75) is 20.3 Å².